The molecular weight excluding hydrogens is 807 g/mol. The Morgan fingerprint density at radius 3 is 1.98 bits per heavy atom. The van der Waals surface area contributed by atoms with Crippen LogP contribution in [0.25, 0.3) is 0 Å². The highest BCUT2D eigenvalue weighted by Crippen LogP contribution is 2.35. The van der Waals surface area contributed by atoms with Crippen molar-refractivity contribution in [1.29, 1.82) is 0 Å². The molecule has 1 heterocycles. The number of benzene rings is 2. The number of carbonyl (C=O) groups excluding carboxylic acids is 1. The van der Waals surface area contributed by atoms with Gasteiger partial charge in [-0.05, 0) is 61.5 Å². The number of amides is 1. The van der Waals surface area contributed by atoms with Crippen LogP contribution in [0.5, 0.6) is 0 Å². The SMILES string of the molecule is CNC[C@H](O)[C@@H](O)[C@H](O)[C@H](O)CO.CS(=O)(=O)c1ccc([C@@H](O)[C@@H](CF)NC(=O)C(Cl)Cl)cc1.Cc1c(Nc2ncccc2C(=O)O)cccc1C(F)(F)F. The second kappa shape index (κ2) is 22.8. The average Bonchev–Trinajstić information content (AvgIpc) is 3.13. The number of nitrogens with zero attached hydrogens (tertiary/aromatic N) is 1. The van der Waals surface area contributed by atoms with Crippen LogP contribution in [0.4, 0.5) is 29.1 Å². The van der Waals surface area contributed by atoms with E-state index in [0.717, 1.165) is 12.3 Å². The van der Waals surface area contributed by atoms with E-state index in [4.69, 9.17) is 48.7 Å². The van der Waals surface area contributed by atoms with E-state index in [9.17, 15) is 45.8 Å². The van der Waals surface area contributed by atoms with Gasteiger partial charge in [0.15, 0.2) is 14.7 Å². The van der Waals surface area contributed by atoms with Gasteiger partial charge in [0.25, 0.3) is 5.91 Å². The summed E-state index contributed by atoms with van der Waals surface area (Å²) in [4.78, 5) is 24.9. The van der Waals surface area contributed by atoms with E-state index >= 15 is 0 Å². The number of anilines is 2. The first kappa shape index (κ1) is 49.3. The summed E-state index contributed by atoms with van der Waals surface area (Å²) >= 11 is 10.7. The van der Waals surface area contributed by atoms with Crippen LogP contribution in [0.3, 0.4) is 0 Å². The summed E-state index contributed by atoms with van der Waals surface area (Å²) in [5, 5.41) is 71.3. The van der Waals surface area contributed by atoms with Crippen molar-refractivity contribution < 1.29 is 71.3 Å². The van der Waals surface area contributed by atoms with Gasteiger partial charge in [-0.15, -0.1) is 0 Å². The van der Waals surface area contributed by atoms with Crippen LogP contribution in [0.1, 0.15) is 33.2 Å². The van der Waals surface area contributed by atoms with Gasteiger partial charge in [-0.25, -0.2) is 22.6 Å². The Morgan fingerprint density at radius 1 is 0.927 bits per heavy atom. The quantitative estimate of drug-likeness (QED) is 0.0774. The number of halogens is 6. The Kier molecular flexibility index (Phi) is 20.4. The average molecular weight is 850 g/mol. The van der Waals surface area contributed by atoms with Crippen LogP contribution in [-0.2, 0) is 20.8 Å². The number of carbonyl (C=O) groups is 2. The predicted molar refractivity (Wildman–Crippen MR) is 194 cm³/mol. The molecule has 1 amide bonds. The summed E-state index contributed by atoms with van der Waals surface area (Å²) in [5.41, 5.74) is -0.501. The number of alkyl halides is 6. The zero-order valence-electron chi connectivity index (χ0n) is 29.3. The van der Waals surface area contributed by atoms with Crippen LogP contribution >= 0.6 is 23.2 Å². The molecule has 0 saturated carbocycles. The molecule has 0 aliphatic heterocycles. The Morgan fingerprint density at radius 2 is 1.51 bits per heavy atom. The van der Waals surface area contributed by atoms with Gasteiger partial charge in [0, 0.05) is 24.7 Å². The third-order valence-corrected chi connectivity index (χ3v) is 8.92. The molecule has 6 atom stereocenters. The topological polar surface area (TPSA) is 259 Å². The van der Waals surface area contributed by atoms with Crippen LogP contribution < -0.4 is 16.0 Å². The fraction of sp³-hybridized carbons (Fsp3) is 0.424. The summed E-state index contributed by atoms with van der Waals surface area (Å²) in [5.74, 6) is -2.05. The minimum Gasteiger partial charge on any atom is -0.478 e. The molecule has 2 aromatic carbocycles. The fourth-order valence-electron chi connectivity index (χ4n) is 4.37. The van der Waals surface area contributed by atoms with Crippen molar-refractivity contribution in [3.63, 3.8) is 0 Å². The summed E-state index contributed by atoms with van der Waals surface area (Å²) in [7, 11) is -1.79. The lowest BCUT2D eigenvalue weighted by molar-refractivity contribution is -0.138. The monoisotopic (exact) mass is 848 g/mol. The molecule has 0 aliphatic rings. The van der Waals surface area contributed by atoms with Crippen LogP contribution in [0.2, 0.25) is 0 Å². The minimum absolute atomic E-state index is 0.00701. The first-order valence-corrected chi connectivity index (χ1v) is 18.5. The molecule has 22 heteroatoms. The molecule has 3 aromatic rings. The predicted octanol–water partition coefficient (Wildman–Crippen LogP) is 1.87. The molecule has 0 spiro atoms. The van der Waals surface area contributed by atoms with Gasteiger partial charge in [0.05, 0.1) is 29.2 Å². The van der Waals surface area contributed by atoms with Gasteiger partial charge < -0.3 is 51.7 Å². The molecular formula is C33H42Cl2F4N4O11S. The van der Waals surface area contributed by atoms with E-state index < -0.39 is 88.1 Å². The van der Waals surface area contributed by atoms with Crippen molar-refractivity contribution in [2.45, 2.75) is 59.4 Å². The van der Waals surface area contributed by atoms with Gasteiger partial charge in [-0.1, -0.05) is 41.4 Å². The molecule has 0 unspecified atom stereocenters. The number of hydrogen-bond acceptors (Lipinski definition) is 13. The van der Waals surface area contributed by atoms with Crippen molar-refractivity contribution in [1.82, 2.24) is 15.6 Å². The summed E-state index contributed by atoms with van der Waals surface area (Å²) in [6, 6.07) is 10.4. The number of aromatic nitrogens is 1. The lowest BCUT2D eigenvalue weighted by Gasteiger charge is -2.25. The molecule has 308 valence electrons. The normalized spacial score (nSPS) is 14.8. The molecule has 55 heavy (non-hydrogen) atoms. The molecule has 3 rings (SSSR count). The van der Waals surface area contributed by atoms with Gasteiger partial charge >= 0.3 is 12.1 Å². The number of rotatable bonds is 15. The van der Waals surface area contributed by atoms with Crippen LogP contribution in [-0.4, -0.2) is 129 Å². The number of carboxylic acids is 1. The molecule has 1 aromatic heterocycles. The second-order valence-corrected chi connectivity index (χ2v) is 14.6. The van der Waals surface area contributed by atoms with E-state index in [2.05, 4.69) is 20.9 Å². The molecule has 0 aliphatic carbocycles. The van der Waals surface area contributed by atoms with Crippen molar-refractivity contribution in [3.8, 4) is 0 Å². The number of likely N-dealkylation sites (N-methyl/N-ethyl adjacent to an activating group) is 1. The largest absolute Gasteiger partial charge is 0.478 e. The fourth-order valence-corrected chi connectivity index (χ4v) is 5.12. The summed E-state index contributed by atoms with van der Waals surface area (Å²) in [6.45, 7) is -0.295. The zero-order chi connectivity index (χ0) is 42.3. The zero-order valence-corrected chi connectivity index (χ0v) is 31.7. The lowest BCUT2D eigenvalue weighted by atomic mass is 10.0. The molecule has 0 bridgehead atoms. The van der Waals surface area contributed by atoms with Gasteiger partial charge in [0.2, 0.25) is 0 Å². The van der Waals surface area contributed by atoms with Crippen molar-refractivity contribution >= 4 is 56.4 Å². The number of hydrogen-bond donors (Lipinski definition) is 10. The Bertz CT molecular complexity index is 1780. The van der Waals surface area contributed by atoms with Gasteiger partial charge in [0.1, 0.15) is 42.5 Å². The standard InChI is InChI=1S/C14H11F3N2O2.C12H14Cl2FNO4S.C7H17NO5/c1-8-10(14(15,16)17)5-2-6-11(8)19-12-9(13(20)21)4-3-7-18-12;1-21(19,20)8-4-2-7(3-5-8)10(17)9(6-15)16-12(18)11(13)14;1-8-2-4(10)6(12)7(13)5(11)3-9/h2-7H,1H3,(H,18,19)(H,20,21);2-5,9-11,17H,6H2,1H3,(H,16,18);4-13H,2-3H2,1H3/t;9-,10-;4-,5+,6+,7+/m.10/s1. The highest BCUT2D eigenvalue weighted by molar-refractivity contribution is 7.90. The van der Waals surface area contributed by atoms with Crippen molar-refractivity contribution in [2.75, 3.05) is 38.4 Å². The molecule has 0 fully saturated rings. The molecule has 0 radical (unpaired) electrons. The third kappa shape index (κ3) is 15.8. The van der Waals surface area contributed by atoms with Crippen molar-refractivity contribution in [2.24, 2.45) is 0 Å². The lowest BCUT2D eigenvalue weighted by Crippen LogP contribution is -2.48. The maximum Gasteiger partial charge on any atom is 0.416 e. The number of nitrogens with one attached hydrogen (secondary N) is 3. The number of aromatic carboxylic acids is 1. The first-order valence-electron chi connectivity index (χ1n) is 15.7. The van der Waals surface area contributed by atoms with Crippen LogP contribution in [0, 0.1) is 6.92 Å². The maximum absolute atomic E-state index is 12.9. The van der Waals surface area contributed by atoms with E-state index in [1.54, 1.807) is 7.05 Å². The second-order valence-electron chi connectivity index (χ2n) is 11.5. The minimum atomic E-state index is -4.47. The van der Waals surface area contributed by atoms with Crippen LogP contribution in [0.15, 0.2) is 65.7 Å². The van der Waals surface area contributed by atoms with Crippen molar-refractivity contribution in [3.05, 3.63) is 83.0 Å². The molecule has 10 N–H and O–H groups in total. The Labute approximate surface area is 323 Å². The number of carboxylic acid groups (broad SMARTS) is 1. The number of pyridine rings is 1. The highest BCUT2D eigenvalue weighted by Gasteiger charge is 2.33. The first-order chi connectivity index (χ1) is 25.5. The van der Waals surface area contributed by atoms with E-state index in [-0.39, 0.29) is 39.6 Å². The Balaban J connectivity index is 0.000000426. The molecule has 15 nitrogen and oxygen atoms in total. The summed E-state index contributed by atoms with van der Waals surface area (Å²) < 4.78 is 74.1. The maximum atomic E-state index is 12.9. The van der Waals surface area contributed by atoms with Gasteiger partial charge in [-0.3, -0.25) is 4.79 Å². The van der Waals surface area contributed by atoms with E-state index in [0.29, 0.717) is 0 Å². The number of aliphatic hydroxyl groups excluding tert-OH is 6. The summed E-state index contributed by atoms with van der Waals surface area (Å²) in [6.07, 6.45) is -9.08. The Hall–Kier alpha value is -3.70. The smallest absolute Gasteiger partial charge is 0.416 e. The van der Waals surface area contributed by atoms with Gasteiger partial charge in [-0.2, -0.15) is 13.2 Å². The number of aliphatic hydroxyl groups is 6. The van der Waals surface area contributed by atoms with E-state index in [1.165, 1.54) is 61.7 Å². The molecule has 0 saturated heterocycles. The number of sulfone groups is 1. The third-order valence-electron chi connectivity index (χ3n) is 7.39. The van der Waals surface area contributed by atoms with E-state index in [1.807, 2.05) is 0 Å². The highest BCUT2D eigenvalue weighted by atomic mass is 35.5.